The minimum Gasteiger partial charge on any atom is -0.335 e. The van der Waals surface area contributed by atoms with E-state index in [1.807, 2.05) is 45.0 Å². The van der Waals surface area contributed by atoms with E-state index in [1.165, 1.54) is 0 Å². The van der Waals surface area contributed by atoms with E-state index in [9.17, 15) is 4.79 Å². The zero-order valence-electron chi connectivity index (χ0n) is 20.5. The molecule has 0 unspecified atom stereocenters. The third-order valence-corrected chi connectivity index (χ3v) is 6.76. The molecule has 6 heterocycles. The van der Waals surface area contributed by atoms with Gasteiger partial charge in [0.1, 0.15) is 5.69 Å². The zero-order valence-corrected chi connectivity index (χ0v) is 21.3. The minimum atomic E-state index is -0.101. The van der Waals surface area contributed by atoms with Crippen molar-refractivity contribution in [1.82, 2.24) is 35.1 Å². The smallest absolute Gasteiger partial charge is 0.224 e. The molecule has 3 N–H and O–H groups in total. The number of fused-ring (bicyclic) bond motifs is 2. The molecule has 9 nitrogen and oxygen atoms in total. The first kappa shape index (κ1) is 23.0. The second kappa shape index (κ2) is 8.90. The maximum atomic E-state index is 12.4. The van der Waals surface area contributed by atoms with Crippen molar-refractivity contribution in [2.24, 2.45) is 5.41 Å². The normalized spacial score (nSPS) is 11.9. The molecule has 6 aromatic heterocycles. The number of anilines is 1. The Morgan fingerprint density at radius 2 is 2.00 bits per heavy atom. The average molecular weight is 509 g/mol. The van der Waals surface area contributed by atoms with Gasteiger partial charge in [-0.05, 0) is 35.1 Å². The number of aromatic nitrogens is 7. The predicted molar refractivity (Wildman–Crippen MR) is 146 cm³/mol. The Kier molecular flexibility index (Phi) is 5.53. The van der Waals surface area contributed by atoms with E-state index in [1.54, 1.807) is 36.1 Å². The van der Waals surface area contributed by atoms with Gasteiger partial charge in [0.15, 0.2) is 11.5 Å². The van der Waals surface area contributed by atoms with Crippen LogP contribution in [0, 0.1) is 5.41 Å². The highest BCUT2D eigenvalue weighted by Crippen LogP contribution is 2.33. The fourth-order valence-electron chi connectivity index (χ4n) is 4.25. The molecule has 0 radical (unpaired) electrons. The summed E-state index contributed by atoms with van der Waals surface area (Å²) in [5.74, 6) is 0.573. The van der Waals surface area contributed by atoms with Crippen molar-refractivity contribution in [3.8, 4) is 33.2 Å². The molecule has 0 atom stereocenters. The molecule has 0 saturated heterocycles. The molecule has 0 aromatic carbocycles. The highest BCUT2D eigenvalue weighted by Gasteiger charge is 2.18. The lowest BCUT2D eigenvalue weighted by Crippen LogP contribution is -2.19. The summed E-state index contributed by atoms with van der Waals surface area (Å²) in [5.41, 5.74) is 6.04. The van der Waals surface area contributed by atoms with Gasteiger partial charge in [-0.2, -0.15) is 5.10 Å². The van der Waals surface area contributed by atoms with Crippen LogP contribution < -0.4 is 5.32 Å². The van der Waals surface area contributed by atoms with Gasteiger partial charge < -0.3 is 10.3 Å². The van der Waals surface area contributed by atoms with E-state index in [0.29, 0.717) is 35.0 Å². The van der Waals surface area contributed by atoms with Crippen LogP contribution in [0.25, 0.3) is 55.3 Å². The minimum absolute atomic E-state index is 0.0487. The summed E-state index contributed by atoms with van der Waals surface area (Å²) >= 11 is 1.67. The van der Waals surface area contributed by atoms with Gasteiger partial charge in [0.25, 0.3) is 0 Å². The molecule has 0 aliphatic heterocycles. The topological polar surface area (TPSA) is 125 Å². The number of carbonyl (C=O) groups is 1. The number of rotatable bonds is 5. The van der Waals surface area contributed by atoms with Gasteiger partial charge in [0.2, 0.25) is 5.91 Å². The number of imidazole rings is 1. The van der Waals surface area contributed by atoms with Crippen molar-refractivity contribution >= 4 is 45.0 Å². The molecule has 0 saturated carbocycles. The third kappa shape index (κ3) is 4.58. The first-order valence-corrected chi connectivity index (χ1v) is 12.7. The number of aromatic amines is 2. The van der Waals surface area contributed by atoms with Crippen LogP contribution in [0.3, 0.4) is 0 Å². The summed E-state index contributed by atoms with van der Waals surface area (Å²) in [4.78, 5) is 35.1. The van der Waals surface area contributed by atoms with Crippen molar-refractivity contribution in [3.63, 3.8) is 0 Å². The van der Waals surface area contributed by atoms with Gasteiger partial charge >= 0.3 is 0 Å². The van der Waals surface area contributed by atoms with Gasteiger partial charge in [-0.15, -0.1) is 11.3 Å². The summed E-state index contributed by atoms with van der Waals surface area (Å²) in [6, 6.07) is 9.92. The Hall–Kier alpha value is -4.44. The highest BCUT2D eigenvalue weighted by atomic mass is 32.1. The molecular formula is C27H24N8OS. The number of hydrogen-bond donors (Lipinski definition) is 3. The Morgan fingerprint density at radius 1 is 1.11 bits per heavy atom. The number of nitrogens with one attached hydrogen (secondary N) is 3. The van der Waals surface area contributed by atoms with Crippen LogP contribution >= 0.6 is 11.3 Å². The molecule has 0 fully saturated rings. The van der Waals surface area contributed by atoms with Gasteiger partial charge in [-0.25, -0.2) is 9.97 Å². The number of carbonyl (C=O) groups excluding carboxylic acids is 1. The molecule has 184 valence electrons. The first-order chi connectivity index (χ1) is 17.8. The van der Waals surface area contributed by atoms with Crippen LogP contribution in [0.4, 0.5) is 5.69 Å². The molecule has 0 aliphatic carbocycles. The van der Waals surface area contributed by atoms with Crippen LogP contribution in [0.1, 0.15) is 27.2 Å². The molecule has 6 aromatic rings. The Labute approximate surface area is 216 Å². The molecule has 0 spiro atoms. The Bertz CT molecular complexity index is 1740. The lowest BCUT2D eigenvalue weighted by atomic mass is 9.92. The fraction of sp³-hybridized carbons (Fsp3) is 0.185. The summed E-state index contributed by atoms with van der Waals surface area (Å²) in [5, 5.41) is 13.4. The van der Waals surface area contributed by atoms with E-state index in [4.69, 9.17) is 4.98 Å². The fourth-order valence-corrected chi connectivity index (χ4v) is 5.01. The number of thiophene rings is 1. The van der Waals surface area contributed by atoms with Gasteiger partial charge in [0, 0.05) is 40.2 Å². The van der Waals surface area contributed by atoms with Gasteiger partial charge in [-0.1, -0.05) is 26.8 Å². The van der Waals surface area contributed by atoms with Crippen molar-refractivity contribution in [3.05, 3.63) is 60.5 Å². The zero-order chi connectivity index (χ0) is 25.6. The predicted octanol–water partition coefficient (Wildman–Crippen LogP) is 6.06. The Morgan fingerprint density at radius 3 is 2.81 bits per heavy atom. The van der Waals surface area contributed by atoms with Crippen LogP contribution in [0.5, 0.6) is 0 Å². The average Bonchev–Trinajstić information content (AvgIpc) is 3.61. The summed E-state index contributed by atoms with van der Waals surface area (Å²) in [6.07, 6.45) is 7.29. The second-order valence-corrected chi connectivity index (χ2v) is 11.0. The SMILES string of the molecule is CC(C)(C)CC(=O)Nc1cncc(-c2cc3c(-c4nc5nccc(-c6cccs6)c5[nH]4)n[nH]c3cn2)c1. The van der Waals surface area contributed by atoms with Crippen molar-refractivity contribution in [2.75, 3.05) is 5.32 Å². The Balaban J connectivity index is 1.36. The summed E-state index contributed by atoms with van der Waals surface area (Å²) in [6.45, 7) is 6.10. The number of pyridine rings is 3. The van der Waals surface area contributed by atoms with Crippen LogP contribution in [0.15, 0.2) is 60.5 Å². The largest absolute Gasteiger partial charge is 0.335 e. The van der Waals surface area contributed by atoms with E-state index >= 15 is 0 Å². The molecule has 0 bridgehead atoms. The monoisotopic (exact) mass is 508 g/mol. The molecule has 10 heteroatoms. The van der Waals surface area contributed by atoms with Crippen LogP contribution in [0.2, 0.25) is 0 Å². The maximum Gasteiger partial charge on any atom is 0.224 e. The highest BCUT2D eigenvalue weighted by molar-refractivity contribution is 7.13. The van der Waals surface area contributed by atoms with Gasteiger partial charge in [0.05, 0.1) is 34.8 Å². The number of amides is 1. The molecule has 0 aliphatic rings. The maximum absolute atomic E-state index is 12.4. The number of nitrogens with zero attached hydrogens (tertiary/aromatic N) is 5. The first-order valence-electron chi connectivity index (χ1n) is 11.8. The van der Waals surface area contributed by atoms with Crippen molar-refractivity contribution < 1.29 is 4.79 Å². The van der Waals surface area contributed by atoms with E-state index in [-0.39, 0.29) is 11.3 Å². The van der Waals surface area contributed by atoms with Crippen molar-refractivity contribution in [2.45, 2.75) is 27.2 Å². The van der Waals surface area contributed by atoms with E-state index in [2.05, 4.69) is 46.9 Å². The lowest BCUT2D eigenvalue weighted by Gasteiger charge is -2.17. The number of hydrogen-bond acceptors (Lipinski definition) is 7. The lowest BCUT2D eigenvalue weighted by molar-refractivity contribution is -0.117. The molecular weight excluding hydrogens is 484 g/mol. The van der Waals surface area contributed by atoms with Crippen LogP contribution in [-0.4, -0.2) is 41.0 Å². The van der Waals surface area contributed by atoms with Gasteiger partial charge in [-0.3, -0.25) is 19.9 Å². The van der Waals surface area contributed by atoms with Crippen molar-refractivity contribution in [1.29, 1.82) is 0 Å². The molecule has 1 amide bonds. The summed E-state index contributed by atoms with van der Waals surface area (Å²) < 4.78 is 0. The second-order valence-electron chi connectivity index (χ2n) is 10.1. The van der Waals surface area contributed by atoms with E-state index in [0.717, 1.165) is 32.4 Å². The molecule has 6 rings (SSSR count). The quantitative estimate of drug-likeness (QED) is 0.260. The third-order valence-electron chi connectivity index (χ3n) is 5.86. The molecule has 37 heavy (non-hydrogen) atoms. The number of H-pyrrole nitrogens is 2. The van der Waals surface area contributed by atoms with E-state index < -0.39 is 0 Å². The summed E-state index contributed by atoms with van der Waals surface area (Å²) in [7, 11) is 0. The van der Waals surface area contributed by atoms with Crippen LogP contribution in [-0.2, 0) is 4.79 Å². The standard InChI is InChI=1S/C27H24N8OS/c1-27(2,3)11-22(36)31-16-9-15(12-28-13-16)19-10-18-20(14-30-19)34-35-24(18)26-32-23-17(21-5-4-8-37-21)6-7-29-25(23)33-26/h4-10,12-14H,11H2,1-3H3,(H,31,36)(H,34,35)(H,29,32,33).